The number of carbonyl (C=O) groups is 1. The molecule has 106 valence electrons. The average molecular weight is 266 g/mol. The molecule has 0 aromatic heterocycles. The van der Waals surface area contributed by atoms with E-state index in [9.17, 15) is 4.79 Å². The molecule has 0 aliphatic heterocycles. The fraction of sp³-hybridized carbons (Fsp3) is 0.500. The van der Waals surface area contributed by atoms with E-state index in [-0.39, 0.29) is 0 Å². The molecule has 0 saturated heterocycles. The number of anilines is 1. The van der Waals surface area contributed by atoms with Crippen LogP contribution in [0.15, 0.2) is 18.2 Å². The van der Waals surface area contributed by atoms with E-state index < -0.39 is 11.7 Å². The number of ether oxygens (including phenoxy) is 2. The number of hydrogen-bond acceptors (Lipinski definition) is 4. The van der Waals surface area contributed by atoms with Crippen molar-refractivity contribution in [2.75, 3.05) is 12.3 Å². The molecule has 0 radical (unpaired) electrons. The first-order valence-corrected chi connectivity index (χ1v) is 6.30. The van der Waals surface area contributed by atoms with Crippen molar-refractivity contribution >= 4 is 11.8 Å². The quantitative estimate of drug-likeness (QED) is 0.822. The zero-order valence-electron chi connectivity index (χ0n) is 11.9. The predicted octanol–water partition coefficient (Wildman–Crippen LogP) is 2.69. The van der Waals surface area contributed by atoms with Gasteiger partial charge in [-0.25, -0.2) is 4.79 Å². The summed E-state index contributed by atoms with van der Waals surface area (Å²) in [6.07, 6.45) is -0.452. The number of benzene rings is 1. The number of hydrogen-bond donors (Lipinski definition) is 2. The molecule has 1 amide bonds. The van der Waals surface area contributed by atoms with Gasteiger partial charge in [-0.15, -0.1) is 0 Å². The molecule has 0 atom stereocenters. The van der Waals surface area contributed by atoms with Gasteiger partial charge in [0.25, 0.3) is 0 Å². The number of amides is 1. The van der Waals surface area contributed by atoms with E-state index in [2.05, 4.69) is 5.32 Å². The maximum atomic E-state index is 11.6. The van der Waals surface area contributed by atoms with Gasteiger partial charge >= 0.3 is 6.09 Å². The highest BCUT2D eigenvalue weighted by Gasteiger charge is 2.16. The molecule has 5 heteroatoms. The molecule has 0 spiro atoms. The van der Waals surface area contributed by atoms with Gasteiger partial charge in [-0.3, -0.25) is 0 Å². The summed E-state index contributed by atoms with van der Waals surface area (Å²) in [5.74, 6) is 0.679. The first-order chi connectivity index (χ1) is 8.81. The van der Waals surface area contributed by atoms with Gasteiger partial charge in [0.1, 0.15) is 11.4 Å². The monoisotopic (exact) mass is 266 g/mol. The molecule has 0 unspecified atom stereocenters. The first-order valence-electron chi connectivity index (χ1n) is 6.30. The van der Waals surface area contributed by atoms with Crippen molar-refractivity contribution in [3.63, 3.8) is 0 Å². The summed E-state index contributed by atoms with van der Waals surface area (Å²) in [5.41, 5.74) is 6.69. The van der Waals surface area contributed by atoms with Crippen LogP contribution in [0.2, 0.25) is 0 Å². The normalized spacial score (nSPS) is 10.9. The fourth-order valence-electron chi connectivity index (χ4n) is 1.49. The number of alkyl carbamates (subject to hydrolysis) is 1. The van der Waals surface area contributed by atoms with Crippen molar-refractivity contribution in [3.8, 4) is 5.75 Å². The van der Waals surface area contributed by atoms with Gasteiger partial charge in [-0.05, 0) is 33.8 Å². The summed E-state index contributed by atoms with van der Waals surface area (Å²) in [7, 11) is 0. The van der Waals surface area contributed by atoms with Crippen LogP contribution in [0, 0.1) is 0 Å². The standard InChI is InChI=1S/C14H22N2O3/c1-5-18-12-8-11(15)7-6-10(12)9-16-13(17)19-14(2,3)4/h6-8H,5,9,15H2,1-4H3,(H,16,17). The van der Waals surface area contributed by atoms with E-state index in [0.717, 1.165) is 5.56 Å². The van der Waals surface area contributed by atoms with Gasteiger partial charge in [0.05, 0.1) is 6.61 Å². The molecule has 19 heavy (non-hydrogen) atoms. The second-order valence-corrected chi connectivity index (χ2v) is 5.16. The van der Waals surface area contributed by atoms with Gasteiger partial charge in [0.2, 0.25) is 0 Å². The Labute approximate surface area is 114 Å². The van der Waals surface area contributed by atoms with E-state index in [1.165, 1.54) is 0 Å². The lowest BCUT2D eigenvalue weighted by Crippen LogP contribution is -2.32. The molecule has 0 fully saturated rings. The minimum absolute atomic E-state index is 0.338. The highest BCUT2D eigenvalue weighted by Crippen LogP contribution is 2.21. The van der Waals surface area contributed by atoms with E-state index in [4.69, 9.17) is 15.2 Å². The van der Waals surface area contributed by atoms with Crippen LogP contribution in [0.5, 0.6) is 5.75 Å². The average Bonchev–Trinajstić information content (AvgIpc) is 2.26. The number of carbonyl (C=O) groups excluding carboxylic acids is 1. The van der Waals surface area contributed by atoms with E-state index >= 15 is 0 Å². The van der Waals surface area contributed by atoms with Gasteiger partial charge in [0, 0.05) is 23.9 Å². The van der Waals surface area contributed by atoms with Gasteiger partial charge in [-0.2, -0.15) is 0 Å². The second kappa shape index (κ2) is 6.31. The van der Waals surface area contributed by atoms with Crippen LogP contribution < -0.4 is 15.8 Å². The largest absolute Gasteiger partial charge is 0.493 e. The summed E-state index contributed by atoms with van der Waals surface area (Å²) >= 11 is 0. The molecule has 0 bridgehead atoms. The van der Waals surface area contributed by atoms with Crippen molar-refractivity contribution < 1.29 is 14.3 Å². The highest BCUT2D eigenvalue weighted by molar-refractivity contribution is 5.68. The molecule has 1 aromatic carbocycles. The number of nitrogens with one attached hydrogen (secondary N) is 1. The maximum absolute atomic E-state index is 11.6. The lowest BCUT2D eigenvalue weighted by Gasteiger charge is -2.20. The van der Waals surface area contributed by atoms with Crippen molar-refractivity contribution in [3.05, 3.63) is 23.8 Å². The van der Waals surface area contributed by atoms with Crippen molar-refractivity contribution in [2.24, 2.45) is 0 Å². The Balaban J connectivity index is 2.64. The third-order valence-electron chi connectivity index (χ3n) is 2.21. The third kappa shape index (κ3) is 5.50. The minimum atomic E-state index is -0.506. The zero-order chi connectivity index (χ0) is 14.5. The van der Waals surface area contributed by atoms with Crippen LogP contribution >= 0.6 is 0 Å². The van der Waals surface area contributed by atoms with Crippen LogP contribution in [0.1, 0.15) is 33.3 Å². The van der Waals surface area contributed by atoms with E-state index in [1.54, 1.807) is 12.1 Å². The SMILES string of the molecule is CCOc1cc(N)ccc1CNC(=O)OC(C)(C)C. The highest BCUT2D eigenvalue weighted by atomic mass is 16.6. The molecule has 0 aliphatic rings. The Bertz CT molecular complexity index is 439. The Morgan fingerprint density at radius 1 is 1.37 bits per heavy atom. The molecular weight excluding hydrogens is 244 g/mol. The zero-order valence-corrected chi connectivity index (χ0v) is 11.9. The molecule has 0 saturated carbocycles. The number of rotatable bonds is 4. The summed E-state index contributed by atoms with van der Waals surface area (Å²) in [5, 5.41) is 2.69. The van der Waals surface area contributed by atoms with Crippen molar-refractivity contribution in [2.45, 2.75) is 39.8 Å². The first kappa shape index (κ1) is 15.1. The van der Waals surface area contributed by atoms with Crippen molar-refractivity contribution in [1.82, 2.24) is 5.32 Å². The summed E-state index contributed by atoms with van der Waals surface area (Å²) < 4.78 is 10.6. The molecule has 1 aromatic rings. The molecule has 3 N–H and O–H groups in total. The molecule has 1 rings (SSSR count). The minimum Gasteiger partial charge on any atom is -0.493 e. The Hall–Kier alpha value is -1.91. The van der Waals surface area contributed by atoms with Gasteiger partial charge in [0.15, 0.2) is 0 Å². The summed E-state index contributed by atoms with van der Waals surface area (Å²) in [6.45, 7) is 8.24. The third-order valence-corrected chi connectivity index (χ3v) is 2.21. The van der Waals surface area contributed by atoms with Crippen molar-refractivity contribution in [1.29, 1.82) is 0 Å². The summed E-state index contributed by atoms with van der Waals surface area (Å²) in [6, 6.07) is 5.35. The smallest absolute Gasteiger partial charge is 0.407 e. The van der Waals surface area contributed by atoms with Gasteiger partial charge < -0.3 is 20.5 Å². The summed E-state index contributed by atoms with van der Waals surface area (Å²) in [4.78, 5) is 11.6. The van der Waals surface area contributed by atoms with Crippen LogP contribution in [0.25, 0.3) is 0 Å². The molecule has 5 nitrogen and oxygen atoms in total. The fourth-order valence-corrected chi connectivity index (χ4v) is 1.49. The lowest BCUT2D eigenvalue weighted by atomic mass is 10.2. The Morgan fingerprint density at radius 2 is 2.05 bits per heavy atom. The van der Waals surface area contributed by atoms with Crippen LogP contribution in [-0.2, 0) is 11.3 Å². The van der Waals surface area contributed by atoms with Crippen LogP contribution in [0.3, 0.4) is 0 Å². The second-order valence-electron chi connectivity index (χ2n) is 5.16. The van der Waals surface area contributed by atoms with Crippen LogP contribution in [-0.4, -0.2) is 18.3 Å². The molecule has 0 heterocycles. The molecular formula is C14H22N2O3. The van der Waals surface area contributed by atoms with E-state index in [1.807, 2.05) is 33.8 Å². The van der Waals surface area contributed by atoms with Crippen LogP contribution in [0.4, 0.5) is 10.5 Å². The maximum Gasteiger partial charge on any atom is 0.407 e. The topological polar surface area (TPSA) is 73.6 Å². The van der Waals surface area contributed by atoms with E-state index in [0.29, 0.717) is 24.6 Å². The predicted molar refractivity (Wildman–Crippen MR) is 75.1 cm³/mol. The van der Waals surface area contributed by atoms with Gasteiger partial charge in [-0.1, -0.05) is 6.07 Å². The lowest BCUT2D eigenvalue weighted by molar-refractivity contribution is 0.0523. The molecule has 0 aliphatic carbocycles. The number of nitrogen functional groups attached to an aromatic ring is 1. The Morgan fingerprint density at radius 3 is 2.63 bits per heavy atom. The number of nitrogens with two attached hydrogens (primary N) is 1. The Kier molecular flexibility index (Phi) is 5.03.